The first kappa shape index (κ1) is 12.3. The smallest absolute Gasteiger partial charge is 0.107 e. The van der Waals surface area contributed by atoms with E-state index in [9.17, 15) is 0 Å². The van der Waals surface area contributed by atoms with Gasteiger partial charge in [0.1, 0.15) is 5.01 Å². The van der Waals surface area contributed by atoms with Gasteiger partial charge in [0.25, 0.3) is 0 Å². The molecule has 3 rings (SSSR count). The topological polar surface area (TPSA) is 16.1 Å². The van der Waals surface area contributed by atoms with E-state index in [2.05, 4.69) is 41.2 Å². The molecule has 0 bridgehead atoms. The summed E-state index contributed by atoms with van der Waals surface area (Å²) in [6.07, 6.45) is 2.71. The normalized spacial score (nSPS) is 15.5. The molecule has 2 nitrogen and oxygen atoms in total. The lowest BCUT2D eigenvalue weighted by atomic mass is 10.3. The lowest BCUT2D eigenvalue weighted by Gasteiger charge is -2.19. The lowest BCUT2D eigenvalue weighted by Crippen LogP contribution is -2.24. The molecule has 18 heavy (non-hydrogen) atoms. The molecule has 0 aromatic carbocycles. The number of thiophene rings is 1. The number of thiazole rings is 1. The second kappa shape index (κ2) is 5.11. The summed E-state index contributed by atoms with van der Waals surface area (Å²) in [6.45, 7) is 6.35. The summed E-state index contributed by atoms with van der Waals surface area (Å²) in [6, 6.07) is 5.28. The Bertz CT molecular complexity index is 483. The van der Waals surface area contributed by atoms with Crippen LogP contribution in [0.1, 0.15) is 33.3 Å². The van der Waals surface area contributed by atoms with Crippen molar-refractivity contribution in [2.45, 2.75) is 45.8 Å². The molecule has 96 valence electrons. The summed E-state index contributed by atoms with van der Waals surface area (Å²) < 4.78 is 0. The zero-order valence-electron chi connectivity index (χ0n) is 10.8. The molecule has 0 saturated heterocycles. The third-order valence-electron chi connectivity index (χ3n) is 3.22. The summed E-state index contributed by atoms with van der Waals surface area (Å²) in [4.78, 5) is 10.1. The fourth-order valence-electron chi connectivity index (χ4n) is 2.17. The molecule has 0 unspecified atom stereocenters. The van der Waals surface area contributed by atoms with E-state index < -0.39 is 0 Å². The van der Waals surface area contributed by atoms with Gasteiger partial charge in [-0.15, -0.1) is 22.7 Å². The highest BCUT2D eigenvalue weighted by atomic mass is 32.1. The van der Waals surface area contributed by atoms with Gasteiger partial charge in [0.15, 0.2) is 0 Å². The standard InChI is InChI=1S/C14H18N2S2/c1-10-9-17-14(15-10)8-16(12-4-5-12)7-13-6-3-11(2)18-13/h3,6,9,12H,4-5,7-8H2,1-2H3. The van der Waals surface area contributed by atoms with E-state index in [1.54, 1.807) is 11.3 Å². The summed E-state index contributed by atoms with van der Waals surface area (Å²) in [5, 5.41) is 3.41. The van der Waals surface area contributed by atoms with E-state index in [1.165, 1.54) is 27.6 Å². The third-order valence-corrected chi connectivity index (χ3v) is 5.16. The molecule has 4 heteroatoms. The maximum atomic E-state index is 4.59. The second-order valence-corrected chi connectivity index (χ2v) is 7.35. The van der Waals surface area contributed by atoms with Crippen LogP contribution in [0.2, 0.25) is 0 Å². The van der Waals surface area contributed by atoms with Gasteiger partial charge >= 0.3 is 0 Å². The molecule has 0 spiro atoms. The van der Waals surface area contributed by atoms with Crippen LogP contribution in [0.4, 0.5) is 0 Å². The fourth-order valence-corrected chi connectivity index (χ4v) is 3.89. The van der Waals surface area contributed by atoms with Crippen molar-refractivity contribution in [2.75, 3.05) is 0 Å². The van der Waals surface area contributed by atoms with Crippen LogP contribution in [0, 0.1) is 13.8 Å². The predicted octanol–water partition coefficient (Wildman–Crippen LogP) is 3.99. The van der Waals surface area contributed by atoms with Crippen molar-refractivity contribution in [3.05, 3.63) is 38.0 Å². The molecule has 2 aromatic rings. The molecule has 1 aliphatic carbocycles. The van der Waals surface area contributed by atoms with E-state index in [4.69, 9.17) is 0 Å². The summed E-state index contributed by atoms with van der Waals surface area (Å²) in [5.74, 6) is 0. The Hall–Kier alpha value is -0.710. The maximum Gasteiger partial charge on any atom is 0.107 e. The number of nitrogens with zero attached hydrogens (tertiary/aromatic N) is 2. The number of aromatic nitrogens is 1. The minimum atomic E-state index is 0.789. The Kier molecular flexibility index (Phi) is 3.50. The third kappa shape index (κ3) is 2.99. The summed E-state index contributed by atoms with van der Waals surface area (Å²) >= 11 is 3.71. The Balaban J connectivity index is 1.68. The first-order chi connectivity index (χ1) is 8.70. The van der Waals surface area contributed by atoms with Crippen LogP contribution >= 0.6 is 22.7 Å². The lowest BCUT2D eigenvalue weighted by molar-refractivity contribution is 0.247. The van der Waals surface area contributed by atoms with Gasteiger partial charge in [-0.25, -0.2) is 4.98 Å². The quantitative estimate of drug-likeness (QED) is 0.822. The average Bonchev–Trinajstić information content (AvgIpc) is 2.99. The number of hydrogen-bond acceptors (Lipinski definition) is 4. The van der Waals surface area contributed by atoms with E-state index in [0.717, 1.165) is 24.8 Å². The molecule has 0 amide bonds. The summed E-state index contributed by atoms with van der Waals surface area (Å²) in [7, 11) is 0. The van der Waals surface area contributed by atoms with Crippen LogP contribution < -0.4 is 0 Å². The fraction of sp³-hybridized carbons (Fsp3) is 0.500. The van der Waals surface area contributed by atoms with Gasteiger partial charge in [0, 0.05) is 33.4 Å². The van der Waals surface area contributed by atoms with Crippen molar-refractivity contribution >= 4 is 22.7 Å². The van der Waals surface area contributed by atoms with Crippen LogP contribution in [-0.4, -0.2) is 15.9 Å². The van der Waals surface area contributed by atoms with Crippen molar-refractivity contribution in [2.24, 2.45) is 0 Å². The van der Waals surface area contributed by atoms with E-state index in [0.29, 0.717) is 0 Å². The van der Waals surface area contributed by atoms with Gasteiger partial charge in [0.2, 0.25) is 0 Å². The highest BCUT2D eigenvalue weighted by Crippen LogP contribution is 2.31. The van der Waals surface area contributed by atoms with Crippen LogP contribution in [0.3, 0.4) is 0 Å². The predicted molar refractivity (Wildman–Crippen MR) is 78.2 cm³/mol. The molecule has 1 aliphatic rings. The van der Waals surface area contributed by atoms with Crippen molar-refractivity contribution in [3.63, 3.8) is 0 Å². The highest BCUT2D eigenvalue weighted by molar-refractivity contribution is 7.11. The Morgan fingerprint density at radius 1 is 1.28 bits per heavy atom. The van der Waals surface area contributed by atoms with Gasteiger partial charge in [-0.1, -0.05) is 0 Å². The van der Waals surface area contributed by atoms with Gasteiger partial charge in [-0.05, 0) is 38.8 Å². The van der Waals surface area contributed by atoms with Gasteiger partial charge in [-0.3, -0.25) is 4.90 Å². The SMILES string of the molecule is Cc1csc(CN(Cc2ccc(C)s2)C2CC2)n1. The summed E-state index contributed by atoms with van der Waals surface area (Å²) in [5.41, 5.74) is 1.15. The molecule has 0 atom stereocenters. The average molecular weight is 278 g/mol. The largest absolute Gasteiger partial charge is 0.289 e. The van der Waals surface area contributed by atoms with Crippen molar-refractivity contribution < 1.29 is 0 Å². The molecule has 2 aromatic heterocycles. The monoisotopic (exact) mass is 278 g/mol. The van der Waals surface area contributed by atoms with Gasteiger partial charge in [-0.2, -0.15) is 0 Å². The van der Waals surface area contributed by atoms with Crippen LogP contribution in [-0.2, 0) is 13.1 Å². The molecule has 0 N–H and O–H groups in total. The van der Waals surface area contributed by atoms with Crippen LogP contribution in [0.15, 0.2) is 17.5 Å². The number of hydrogen-bond donors (Lipinski definition) is 0. The minimum absolute atomic E-state index is 0.789. The molecule has 1 saturated carbocycles. The number of aryl methyl sites for hydroxylation is 2. The van der Waals surface area contributed by atoms with Gasteiger partial charge < -0.3 is 0 Å². The number of rotatable bonds is 5. The molecular formula is C14H18N2S2. The first-order valence-corrected chi connectivity index (χ1v) is 8.11. The Morgan fingerprint density at radius 3 is 2.67 bits per heavy atom. The zero-order chi connectivity index (χ0) is 12.5. The van der Waals surface area contributed by atoms with Crippen LogP contribution in [0.25, 0.3) is 0 Å². The molecule has 0 aliphatic heterocycles. The van der Waals surface area contributed by atoms with Gasteiger partial charge in [0.05, 0.1) is 6.54 Å². The van der Waals surface area contributed by atoms with Crippen molar-refractivity contribution in [3.8, 4) is 0 Å². The Morgan fingerprint density at radius 2 is 2.11 bits per heavy atom. The van der Waals surface area contributed by atoms with Crippen molar-refractivity contribution in [1.29, 1.82) is 0 Å². The Labute approximate surface area is 116 Å². The molecule has 0 radical (unpaired) electrons. The first-order valence-electron chi connectivity index (χ1n) is 6.41. The zero-order valence-corrected chi connectivity index (χ0v) is 12.5. The van der Waals surface area contributed by atoms with E-state index >= 15 is 0 Å². The molecule has 1 fully saturated rings. The second-order valence-electron chi connectivity index (χ2n) is 5.03. The van der Waals surface area contributed by atoms with E-state index in [1.807, 2.05) is 11.3 Å². The molecular weight excluding hydrogens is 260 g/mol. The van der Waals surface area contributed by atoms with E-state index in [-0.39, 0.29) is 0 Å². The van der Waals surface area contributed by atoms with Crippen LogP contribution in [0.5, 0.6) is 0 Å². The molecule has 2 heterocycles. The minimum Gasteiger partial charge on any atom is -0.289 e. The highest BCUT2D eigenvalue weighted by Gasteiger charge is 2.29. The van der Waals surface area contributed by atoms with Crippen molar-refractivity contribution in [1.82, 2.24) is 9.88 Å². The maximum absolute atomic E-state index is 4.59.